The van der Waals surface area contributed by atoms with E-state index in [1.165, 1.54) is 9.13 Å². The first-order valence-electron chi connectivity index (χ1n) is 18.1. The van der Waals surface area contributed by atoms with E-state index < -0.39 is 26.0 Å². The molecule has 0 saturated carbocycles. The monoisotopic (exact) mass is 834 g/mol. The molecule has 0 atom stereocenters. The summed E-state index contributed by atoms with van der Waals surface area (Å²) in [6.45, 7) is 24.3. The van der Waals surface area contributed by atoms with Crippen molar-refractivity contribution in [2.24, 2.45) is 0 Å². The lowest BCUT2D eigenvalue weighted by Gasteiger charge is -2.32. The molecule has 0 aromatic heterocycles. The molecule has 286 valence electrons. The van der Waals surface area contributed by atoms with E-state index in [1.807, 2.05) is 132 Å². The van der Waals surface area contributed by atoms with Crippen LogP contribution in [0, 0.1) is 3.57 Å². The molecule has 0 unspecified atom stereocenters. The number of aliphatic carboxylic acids is 2. The van der Waals surface area contributed by atoms with Crippen molar-refractivity contribution in [1.82, 2.24) is 0 Å². The molecule has 2 aromatic rings. The van der Waals surface area contributed by atoms with Crippen molar-refractivity contribution in [3.8, 4) is 0 Å². The predicted octanol–water partition coefficient (Wildman–Crippen LogP) is 7.34. The number of benzene rings is 2. The van der Waals surface area contributed by atoms with Gasteiger partial charge in [-0.2, -0.15) is 0 Å². The Balaban J connectivity index is 0.000000216. The molecule has 2 N–H and O–H groups in total. The molecular formula is C38H58B3IO10. The third-order valence-electron chi connectivity index (χ3n) is 10.9. The van der Waals surface area contributed by atoms with Crippen molar-refractivity contribution in [3.05, 3.63) is 63.2 Å². The molecule has 5 rings (SSSR count). The van der Waals surface area contributed by atoms with E-state index in [-0.39, 0.29) is 53.6 Å². The van der Waals surface area contributed by atoms with Gasteiger partial charge in [-0.3, -0.25) is 9.59 Å². The third kappa shape index (κ3) is 11.8. The smallest absolute Gasteiger partial charge is 0.481 e. The van der Waals surface area contributed by atoms with Crippen LogP contribution < -0.4 is 5.46 Å². The lowest BCUT2D eigenvalue weighted by Crippen LogP contribution is -2.41. The first kappa shape index (κ1) is 44.5. The fourth-order valence-electron chi connectivity index (χ4n) is 5.36. The Morgan fingerprint density at radius 2 is 0.808 bits per heavy atom. The lowest BCUT2D eigenvalue weighted by atomic mass is 9.49. The molecule has 0 aliphatic carbocycles. The Hall–Kier alpha value is -1.94. The normalized spacial score (nSPS) is 21.5. The topological polar surface area (TPSA) is 130 Å². The predicted molar refractivity (Wildman–Crippen MR) is 215 cm³/mol. The summed E-state index contributed by atoms with van der Waals surface area (Å²) in [5.41, 5.74) is 1.23. The minimum Gasteiger partial charge on any atom is -0.481 e. The first-order valence-corrected chi connectivity index (χ1v) is 19.2. The summed E-state index contributed by atoms with van der Waals surface area (Å²) in [5, 5.41) is 17.1. The van der Waals surface area contributed by atoms with Gasteiger partial charge in [-0.1, -0.05) is 36.4 Å². The Kier molecular flexibility index (Phi) is 14.7. The highest BCUT2D eigenvalue weighted by molar-refractivity contribution is 14.1. The molecule has 52 heavy (non-hydrogen) atoms. The van der Waals surface area contributed by atoms with Crippen LogP contribution in [-0.2, 0) is 50.4 Å². The van der Waals surface area contributed by atoms with Crippen LogP contribution in [-0.4, -0.2) is 76.9 Å². The van der Waals surface area contributed by atoms with E-state index in [4.69, 9.17) is 38.1 Å². The molecule has 0 radical (unpaired) electrons. The summed E-state index contributed by atoms with van der Waals surface area (Å²) in [4.78, 5) is 20.7. The van der Waals surface area contributed by atoms with E-state index in [9.17, 15) is 9.59 Å². The zero-order valence-electron chi connectivity index (χ0n) is 33.1. The molecule has 0 spiro atoms. The maximum absolute atomic E-state index is 10.5. The van der Waals surface area contributed by atoms with Crippen LogP contribution in [0.15, 0.2) is 48.5 Å². The summed E-state index contributed by atoms with van der Waals surface area (Å²) in [5.74, 6) is -1.46. The van der Waals surface area contributed by atoms with Crippen LogP contribution in [0.5, 0.6) is 0 Å². The second-order valence-electron chi connectivity index (χ2n) is 16.7. The van der Waals surface area contributed by atoms with Crippen molar-refractivity contribution in [3.63, 3.8) is 0 Å². The van der Waals surface area contributed by atoms with Gasteiger partial charge in [0.15, 0.2) is 0 Å². The molecule has 3 saturated heterocycles. The fourth-order valence-corrected chi connectivity index (χ4v) is 5.72. The highest BCUT2D eigenvalue weighted by atomic mass is 127. The Morgan fingerprint density at radius 3 is 1.12 bits per heavy atom. The minimum atomic E-state index is -0.746. The van der Waals surface area contributed by atoms with Crippen LogP contribution in [0.1, 0.15) is 120 Å². The molecule has 0 amide bonds. The number of hydrogen-bond donors (Lipinski definition) is 2. The van der Waals surface area contributed by atoms with E-state index in [0.717, 1.165) is 30.3 Å². The zero-order chi connectivity index (χ0) is 39.3. The summed E-state index contributed by atoms with van der Waals surface area (Å²) >= 11 is 2.25. The van der Waals surface area contributed by atoms with Crippen molar-refractivity contribution in [2.45, 2.75) is 155 Å². The third-order valence-corrected chi connectivity index (χ3v) is 11.6. The fraction of sp³-hybridized carbons (Fsp3) is 0.632. The number of carboxylic acid groups (broad SMARTS) is 2. The van der Waals surface area contributed by atoms with Gasteiger partial charge in [0.25, 0.3) is 0 Å². The summed E-state index contributed by atoms with van der Waals surface area (Å²) < 4.78 is 37.1. The summed E-state index contributed by atoms with van der Waals surface area (Å²) in [6.07, 6.45) is 3.46. The van der Waals surface area contributed by atoms with Gasteiger partial charge in [0.2, 0.25) is 0 Å². The minimum absolute atomic E-state index is 0.207. The maximum Gasteiger partial charge on any atom is 0.494 e. The molecule has 0 bridgehead atoms. The van der Waals surface area contributed by atoms with Crippen LogP contribution in [0.3, 0.4) is 0 Å². The van der Waals surface area contributed by atoms with Gasteiger partial charge in [0, 0.05) is 16.4 Å². The highest BCUT2D eigenvalue weighted by Crippen LogP contribution is 2.43. The van der Waals surface area contributed by atoms with Gasteiger partial charge in [-0.05, 0) is 160 Å². The highest BCUT2D eigenvalue weighted by Gasteiger charge is 2.63. The van der Waals surface area contributed by atoms with Crippen LogP contribution in [0.4, 0.5) is 0 Å². The van der Waals surface area contributed by atoms with E-state index in [2.05, 4.69) is 22.6 Å². The average Bonchev–Trinajstić information content (AvgIpc) is 3.48. The number of carbonyl (C=O) groups is 2. The Bertz CT molecular complexity index is 1410. The molecule has 3 aliphatic heterocycles. The number of halogens is 1. The number of hydrogen-bond acceptors (Lipinski definition) is 8. The van der Waals surface area contributed by atoms with Crippen molar-refractivity contribution in [2.75, 3.05) is 0 Å². The molecule has 3 heterocycles. The standard InChI is InChI=1S/C16H23BO4.C12H24B2O4.C10H11IO2/c1-15(2)16(3,4)21-17(20-15)13-10-8-12(9-11-13)6-5-7-14(18)19;1-9(2)10(3,4)16-13(15-9)14-17-11(5,6)12(7,8)18-14;11-9-6-4-8(5-7-9)2-1-3-10(12)13/h8-11H,5-7H2,1-4H3,(H,18,19);1-8H3;4-7H,1-3H2,(H,12,13). The van der Waals surface area contributed by atoms with Gasteiger partial charge in [0.1, 0.15) is 0 Å². The SMILES string of the molecule is CC1(C)OB(B2OC(C)(C)C(C)(C)O2)OC1(C)C.CC1(C)OB(c2ccc(CCCC(=O)O)cc2)OC1(C)C.O=C(O)CCCc1ccc(I)cc1. The number of aryl methyl sites for hydroxylation is 2. The molecule has 3 fully saturated rings. The van der Waals surface area contributed by atoms with E-state index >= 15 is 0 Å². The number of rotatable bonds is 10. The zero-order valence-corrected chi connectivity index (χ0v) is 35.3. The average molecular weight is 834 g/mol. The largest absolute Gasteiger partial charge is 0.494 e. The van der Waals surface area contributed by atoms with Gasteiger partial charge in [-0.15, -0.1) is 0 Å². The molecule has 10 nitrogen and oxygen atoms in total. The maximum atomic E-state index is 10.5. The van der Waals surface area contributed by atoms with Gasteiger partial charge in [0.05, 0.1) is 33.6 Å². The second kappa shape index (κ2) is 17.2. The van der Waals surface area contributed by atoms with E-state index in [1.54, 1.807) is 0 Å². The summed E-state index contributed by atoms with van der Waals surface area (Å²) in [6, 6.07) is 16.2. The molecule has 2 aromatic carbocycles. The first-order chi connectivity index (χ1) is 23.8. The summed E-state index contributed by atoms with van der Waals surface area (Å²) in [7, 11) is -1.30. The lowest BCUT2D eigenvalue weighted by molar-refractivity contribution is -0.138. The van der Waals surface area contributed by atoms with Crippen LogP contribution in [0.25, 0.3) is 0 Å². The van der Waals surface area contributed by atoms with Crippen LogP contribution in [0.2, 0.25) is 0 Å². The molecular weight excluding hydrogens is 776 g/mol. The van der Waals surface area contributed by atoms with Gasteiger partial charge in [-0.25, -0.2) is 0 Å². The molecule has 3 aliphatic rings. The second-order valence-corrected chi connectivity index (χ2v) is 17.9. The van der Waals surface area contributed by atoms with Gasteiger partial charge < -0.3 is 38.1 Å². The molecule has 14 heteroatoms. The van der Waals surface area contributed by atoms with Crippen molar-refractivity contribution >= 4 is 61.1 Å². The van der Waals surface area contributed by atoms with Gasteiger partial charge >= 0.3 is 33.1 Å². The Morgan fingerprint density at radius 1 is 0.519 bits per heavy atom. The Labute approximate surface area is 325 Å². The van der Waals surface area contributed by atoms with Crippen LogP contribution >= 0.6 is 22.6 Å². The quantitative estimate of drug-likeness (QED) is 0.185. The van der Waals surface area contributed by atoms with Crippen molar-refractivity contribution in [1.29, 1.82) is 0 Å². The number of carboxylic acids is 2. The van der Waals surface area contributed by atoms with Crippen molar-refractivity contribution < 1.29 is 47.7 Å². The van der Waals surface area contributed by atoms with E-state index in [0.29, 0.717) is 6.42 Å².